The third-order valence-corrected chi connectivity index (χ3v) is 3.75. The molecular weight excluding hydrogens is 204 g/mol. The maximum atomic E-state index is 4.26. The van der Waals surface area contributed by atoms with Gasteiger partial charge in [0.1, 0.15) is 0 Å². The molecule has 1 aromatic rings. The average molecular weight is 224 g/mol. The van der Waals surface area contributed by atoms with Crippen molar-refractivity contribution < 1.29 is 0 Å². The zero-order valence-corrected chi connectivity index (χ0v) is 11.2. The summed E-state index contributed by atoms with van der Waals surface area (Å²) in [5.74, 6) is 0. The Labute approximate surface area is 104 Å². The van der Waals surface area contributed by atoms with Gasteiger partial charge in [-0.1, -0.05) is 62.4 Å². The highest BCUT2D eigenvalue weighted by Gasteiger charge is 2.36. The van der Waals surface area contributed by atoms with E-state index in [1.807, 2.05) is 0 Å². The Hall–Kier alpha value is -1.56. The highest BCUT2D eigenvalue weighted by molar-refractivity contribution is 5.88. The molecule has 17 heavy (non-hydrogen) atoms. The lowest BCUT2D eigenvalue weighted by molar-refractivity contribution is 0.660. The minimum Gasteiger partial charge on any atom is -0.0908 e. The van der Waals surface area contributed by atoms with Crippen molar-refractivity contribution in [1.29, 1.82) is 0 Å². The minimum atomic E-state index is 0.0674. The molecule has 2 rings (SSSR count). The zero-order valence-electron chi connectivity index (χ0n) is 11.2. The smallest absolute Gasteiger partial charge is 0.0158 e. The molecule has 0 unspecified atom stereocenters. The van der Waals surface area contributed by atoms with Crippen LogP contribution in [0.1, 0.15) is 38.8 Å². The molecule has 0 heterocycles. The third kappa shape index (κ3) is 1.78. The van der Waals surface area contributed by atoms with Gasteiger partial charge in [0.2, 0.25) is 0 Å². The van der Waals surface area contributed by atoms with Gasteiger partial charge < -0.3 is 0 Å². The van der Waals surface area contributed by atoms with Crippen molar-refractivity contribution in [2.75, 3.05) is 0 Å². The van der Waals surface area contributed by atoms with E-state index in [1.165, 1.54) is 27.8 Å². The van der Waals surface area contributed by atoms with Crippen LogP contribution in [0.4, 0.5) is 0 Å². The Morgan fingerprint density at radius 1 is 1.24 bits per heavy atom. The van der Waals surface area contributed by atoms with Gasteiger partial charge in [-0.25, -0.2) is 0 Å². The molecule has 0 fully saturated rings. The average Bonchev–Trinajstić information content (AvgIpc) is 2.51. The van der Waals surface area contributed by atoms with Crippen molar-refractivity contribution in [3.63, 3.8) is 0 Å². The van der Waals surface area contributed by atoms with Gasteiger partial charge in [0.15, 0.2) is 0 Å². The lowest BCUT2D eigenvalue weighted by atomic mass is 9.81. The van der Waals surface area contributed by atoms with Crippen LogP contribution in [0.3, 0.4) is 0 Å². The van der Waals surface area contributed by atoms with E-state index in [4.69, 9.17) is 0 Å². The minimum absolute atomic E-state index is 0.0674. The molecule has 0 nitrogen and oxygen atoms in total. The second-order valence-corrected chi connectivity index (χ2v) is 5.24. The second-order valence-electron chi connectivity index (χ2n) is 5.24. The number of hydrogen-bond donors (Lipinski definition) is 0. The molecule has 0 amide bonds. The van der Waals surface area contributed by atoms with E-state index in [1.54, 1.807) is 0 Å². The van der Waals surface area contributed by atoms with Crippen LogP contribution in [0.15, 0.2) is 54.1 Å². The largest absolute Gasteiger partial charge is 0.0908 e. The highest BCUT2D eigenvalue weighted by atomic mass is 14.4. The molecule has 0 spiro atoms. The van der Waals surface area contributed by atoms with Crippen LogP contribution in [0.25, 0.3) is 5.57 Å². The molecular formula is C17H20. The first kappa shape index (κ1) is 11.9. The van der Waals surface area contributed by atoms with Crippen LogP contribution >= 0.6 is 0 Å². The number of hydrogen-bond acceptors (Lipinski definition) is 0. The van der Waals surface area contributed by atoms with Gasteiger partial charge in [-0.2, -0.15) is 0 Å². The van der Waals surface area contributed by atoms with Gasteiger partial charge in [-0.3, -0.25) is 0 Å². The Bertz CT molecular complexity index is 525. The molecule has 88 valence electrons. The van der Waals surface area contributed by atoms with Crippen LogP contribution in [0.5, 0.6) is 0 Å². The summed E-state index contributed by atoms with van der Waals surface area (Å²) in [7, 11) is 0. The van der Waals surface area contributed by atoms with E-state index in [2.05, 4.69) is 70.7 Å². The van der Waals surface area contributed by atoms with Crippen molar-refractivity contribution in [1.82, 2.24) is 0 Å². The summed E-state index contributed by atoms with van der Waals surface area (Å²) >= 11 is 0. The van der Waals surface area contributed by atoms with Crippen molar-refractivity contribution in [2.45, 2.75) is 33.1 Å². The summed E-state index contributed by atoms with van der Waals surface area (Å²) in [5.41, 5.74) is 6.56. The highest BCUT2D eigenvalue weighted by Crippen LogP contribution is 2.48. The first-order valence-corrected chi connectivity index (χ1v) is 6.12. The van der Waals surface area contributed by atoms with Crippen LogP contribution in [-0.2, 0) is 5.41 Å². The maximum absolute atomic E-state index is 4.26. The zero-order chi connectivity index (χ0) is 12.6. The van der Waals surface area contributed by atoms with Crippen LogP contribution in [0, 0.1) is 0 Å². The number of rotatable bonds is 1. The molecule has 0 saturated heterocycles. The van der Waals surface area contributed by atoms with Crippen molar-refractivity contribution >= 4 is 5.57 Å². The fraction of sp³-hybridized carbons (Fsp3) is 0.294. The molecule has 1 aromatic carbocycles. The van der Waals surface area contributed by atoms with Crippen LogP contribution < -0.4 is 0 Å². The molecule has 0 aliphatic heterocycles. The third-order valence-electron chi connectivity index (χ3n) is 3.75. The fourth-order valence-electron chi connectivity index (χ4n) is 2.54. The molecule has 0 aromatic heterocycles. The Balaban J connectivity index is 2.63. The van der Waals surface area contributed by atoms with Gasteiger partial charge in [0.25, 0.3) is 0 Å². The van der Waals surface area contributed by atoms with Gasteiger partial charge in [-0.15, -0.1) is 0 Å². The van der Waals surface area contributed by atoms with Crippen molar-refractivity contribution in [3.05, 3.63) is 65.3 Å². The number of fused-ring (bicyclic) bond motifs is 1. The fourth-order valence-corrected chi connectivity index (χ4v) is 2.54. The predicted octanol–water partition coefficient (Wildman–Crippen LogP) is 4.88. The van der Waals surface area contributed by atoms with Crippen molar-refractivity contribution in [3.8, 4) is 0 Å². The predicted molar refractivity (Wildman–Crippen MR) is 76.0 cm³/mol. The number of benzene rings is 1. The van der Waals surface area contributed by atoms with E-state index < -0.39 is 0 Å². The van der Waals surface area contributed by atoms with E-state index in [9.17, 15) is 0 Å². The lowest BCUT2D eigenvalue weighted by Gasteiger charge is -2.22. The summed E-state index contributed by atoms with van der Waals surface area (Å²) in [6.45, 7) is 13.0. The summed E-state index contributed by atoms with van der Waals surface area (Å²) in [6.07, 6.45) is 4.40. The maximum Gasteiger partial charge on any atom is 0.0158 e. The van der Waals surface area contributed by atoms with E-state index in [0.29, 0.717) is 0 Å². The first-order chi connectivity index (χ1) is 7.98. The summed E-state index contributed by atoms with van der Waals surface area (Å²) < 4.78 is 0. The van der Waals surface area contributed by atoms with Crippen LogP contribution in [-0.4, -0.2) is 0 Å². The van der Waals surface area contributed by atoms with Gasteiger partial charge in [0.05, 0.1) is 0 Å². The quantitative estimate of drug-likeness (QED) is 0.637. The molecule has 1 aliphatic carbocycles. The molecule has 0 bridgehead atoms. The monoisotopic (exact) mass is 224 g/mol. The van der Waals surface area contributed by atoms with Crippen molar-refractivity contribution in [2.24, 2.45) is 0 Å². The molecule has 0 saturated carbocycles. The molecule has 0 atom stereocenters. The SMILES string of the molecule is C=C1/C(=C\C(C)=C/C)C(C)(C)c2ccccc21. The summed E-state index contributed by atoms with van der Waals surface area (Å²) in [6, 6.07) is 8.59. The van der Waals surface area contributed by atoms with Crippen LogP contribution in [0.2, 0.25) is 0 Å². The second kappa shape index (κ2) is 4.03. The van der Waals surface area contributed by atoms with Gasteiger partial charge in [0, 0.05) is 5.41 Å². The number of allylic oxidation sites excluding steroid dienone is 5. The summed E-state index contributed by atoms with van der Waals surface area (Å²) in [4.78, 5) is 0. The Morgan fingerprint density at radius 2 is 1.88 bits per heavy atom. The lowest BCUT2D eigenvalue weighted by Crippen LogP contribution is -2.15. The topological polar surface area (TPSA) is 0 Å². The Morgan fingerprint density at radius 3 is 2.47 bits per heavy atom. The van der Waals surface area contributed by atoms with Gasteiger partial charge in [-0.05, 0) is 36.1 Å². The van der Waals surface area contributed by atoms with E-state index in [-0.39, 0.29) is 5.41 Å². The van der Waals surface area contributed by atoms with E-state index in [0.717, 1.165) is 0 Å². The Kier molecular flexibility index (Phi) is 2.82. The molecule has 0 radical (unpaired) electrons. The van der Waals surface area contributed by atoms with E-state index >= 15 is 0 Å². The van der Waals surface area contributed by atoms with Gasteiger partial charge >= 0.3 is 0 Å². The molecule has 1 aliphatic rings. The summed E-state index contributed by atoms with van der Waals surface area (Å²) in [5, 5.41) is 0. The standard InChI is InChI=1S/C17H20/c1-6-12(2)11-16-13(3)14-9-7-8-10-15(14)17(16,4)5/h6-11H,3H2,1-2,4-5H3/b12-6-,16-11+. The molecule has 0 heteroatoms. The molecule has 0 N–H and O–H groups in total. The normalized spacial score (nSPS) is 20.8. The first-order valence-electron chi connectivity index (χ1n) is 6.12.